The molecule has 3 aromatic rings. The van der Waals surface area contributed by atoms with Crippen molar-refractivity contribution in [1.29, 1.82) is 0 Å². The normalized spacial score (nSPS) is 10.6. The number of ketones is 1. The fourth-order valence-corrected chi connectivity index (χ4v) is 3.35. The zero-order valence-electron chi connectivity index (χ0n) is 14.5. The number of para-hydroxylation sites is 1. The Labute approximate surface area is 167 Å². The molecule has 0 radical (unpaired) electrons. The van der Waals surface area contributed by atoms with Crippen LogP contribution in [0.3, 0.4) is 0 Å². The van der Waals surface area contributed by atoms with Crippen molar-refractivity contribution in [3.05, 3.63) is 83.7 Å². The van der Waals surface area contributed by atoms with Crippen molar-refractivity contribution in [3.63, 3.8) is 0 Å². The Hall–Kier alpha value is -2.57. The summed E-state index contributed by atoms with van der Waals surface area (Å²) in [5.41, 5.74) is 0.620. The van der Waals surface area contributed by atoms with E-state index in [9.17, 15) is 4.79 Å². The number of rotatable bonds is 9. The third-order valence-electron chi connectivity index (χ3n) is 3.71. The number of carbonyl (C=O) groups excluding carboxylic acids is 1. The highest BCUT2D eigenvalue weighted by atomic mass is 35.5. The Morgan fingerprint density at radius 2 is 1.89 bits per heavy atom. The van der Waals surface area contributed by atoms with Crippen LogP contribution in [-0.2, 0) is 13.2 Å². The Bertz CT molecular complexity index is 911. The molecule has 0 aliphatic carbocycles. The summed E-state index contributed by atoms with van der Waals surface area (Å²) in [5.74, 6) is 1.71. The second-order valence-electron chi connectivity index (χ2n) is 5.62. The number of thioether (sulfide) groups is 1. The third-order valence-corrected chi connectivity index (χ3v) is 4.93. The first-order chi connectivity index (χ1) is 13.2. The van der Waals surface area contributed by atoms with E-state index in [0.717, 1.165) is 5.75 Å². The van der Waals surface area contributed by atoms with Crippen molar-refractivity contribution in [3.8, 4) is 5.75 Å². The van der Waals surface area contributed by atoms with Crippen LogP contribution in [0.1, 0.15) is 16.2 Å². The van der Waals surface area contributed by atoms with Crippen molar-refractivity contribution in [1.82, 2.24) is 14.8 Å². The molecule has 5 nitrogen and oxygen atoms in total. The fourth-order valence-electron chi connectivity index (χ4n) is 2.36. The molecule has 0 aliphatic heterocycles. The van der Waals surface area contributed by atoms with Gasteiger partial charge in [0.25, 0.3) is 0 Å². The van der Waals surface area contributed by atoms with Crippen LogP contribution < -0.4 is 4.74 Å². The van der Waals surface area contributed by atoms with Gasteiger partial charge >= 0.3 is 0 Å². The molecule has 0 saturated heterocycles. The van der Waals surface area contributed by atoms with Gasteiger partial charge in [-0.05, 0) is 36.4 Å². The molecule has 0 saturated carbocycles. The maximum Gasteiger partial charge on any atom is 0.192 e. The molecule has 138 valence electrons. The van der Waals surface area contributed by atoms with Crippen LogP contribution in [0.4, 0.5) is 0 Å². The van der Waals surface area contributed by atoms with Gasteiger partial charge in [-0.2, -0.15) is 0 Å². The highest BCUT2D eigenvalue weighted by molar-refractivity contribution is 7.99. The first-order valence-electron chi connectivity index (χ1n) is 8.30. The van der Waals surface area contributed by atoms with Crippen LogP contribution in [-0.4, -0.2) is 26.3 Å². The monoisotopic (exact) mass is 399 g/mol. The van der Waals surface area contributed by atoms with Crippen LogP contribution >= 0.6 is 23.4 Å². The van der Waals surface area contributed by atoms with Gasteiger partial charge in [-0.1, -0.05) is 47.6 Å². The fraction of sp³-hybridized carbons (Fsp3) is 0.150. The lowest BCUT2D eigenvalue weighted by molar-refractivity contribution is 0.102. The molecular weight excluding hydrogens is 382 g/mol. The van der Waals surface area contributed by atoms with E-state index >= 15 is 0 Å². The van der Waals surface area contributed by atoms with Gasteiger partial charge in [0.15, 0.2) is 16.8 Å². The number of benzene rings is 2. The van der Waals surface area contributed by atoms with Crippen LogP contribution in [0.5, 0.6) is 5.75 Å². The summed E-state index contributed by atoms with van der Waals surface area (Å²) < 4.78 is 7.65. The number of aromatic nitrogens is 3. The molecule has 0 bridgehead atoms. The van der Waals surface area contributed by atoms with E-state index in [1.807, 2.05) is 34.9 Å². The smallest absolute Gasteiger partial charge is 0.192 e. The van der Waals surface area contributed by atoms with E-state index in [-0.39, 0.29) is 18.1 Å². The second-order valence-corrected chi connectivity index (χ2v) is 7.00. The van der Waals surface area contributed by atoms with Crippen molar-refractivity contribution >= 4 is 29.1 Å². The largest absolute Gasteiger partial charge is 0.486 e. The first kappa shape index (κ1) is 19.2. The van der Waals surface area contributed by atoms with Gasteiger partial charge in [-0.15, -0.1) is 16.8 Å². The molecule has 0 aliphatic rings. The number of allylic oxidation sites excluding steroid dienone is 1. The molecule has 0 unspecified atom stereocenters. The Morgan fingerprint density at radius 1 is 1.15 bits per heavy atom. The van der Waals surface area contributed by atoms with Gasteiger partial charge in [0, 0.05) is 17.1 Å². The lowest BCUT2D eigenvalue weighted by Gasteiger charge is -2.09. The standard InChI is InChI=1S/C20H18ClN3O2S/c1-2-12-24-19(13-26-17-6-4-3-5-7-17)22-23-20(24)27-14-18(25)15-8-10-16(21)11-9-15/h2-11H,1,12-14H2. The lowest BCUT2D eigenvalue weighted by Crippen LogP contribution is -2.09. The van der Waals surface area contributed by atoms with Crippen molar-refractivity contribution < 1.29 is 9.53 Å². The Balaban J connectivity index is 1.66. The number of nitrogens with zero attached hydrogens (tertiary/aromatic N) is 3. The molecule has 27 heavy (non-hydrogen) atoms. The summed E-state index contributed by atoms with van der Waals surface area (Å²) in [6, 6.07) is 16.4. The quantitative estimate of drug-likeness (QED) is 0.297. The molecule has 3 rings (SSSR count). The zero-order chi connectivity index (χ0) is 19.1. The maximum absolute atomic E-state index is 12.3. The summed E-state index contributed by atoms with van der Waals surface area (Å²) in [6.07, 6.45) is 1.76. The van der Waals surface area contributed by atoms with Crippen molar-refractivity contribution in [2.24, 2.45) is 0 Å². The average Bonchev–Trinajstić information content (AvgIpc) is 3.08. The SMILES string of the molecule is C=CCn1c(COc2ccccc2)nnc1SCC(=O)c1ccc(Cl)cc1. The van der Waals surface area contributed by atoms with Gasteiger partial charge in [-0.25, -0.2) is 0 Å². The van der Waals surface area contributed by atoms with Gasteiger partial charge in [0.05, 0.1) is 5.75 Å². The molecule has 0 atom stereocenters. The first-order valence-corrected chi connectivity index (χ1v) is 9.66. The highest BCUT2D eigenvalue weighted by Gasteiger charge is 2.15. The topological polar surface area (TPSA) is 57.0 Å². The van der Waals surface area contributed by atoms with Gasteiger partial charge < -0.3 is 4.74 Å². The number of hydrogen-bond donors (Lipinski definition) is 0. The number of carbonyl (C=O) groups is 1. The van der Waals surface area contributed by atoms with Crippen LogP contribution in [0, 0.1) is 0 Å². The third kappa shape index (κ3) is 5.21. The van der Waals surface area contributed by atoms with Crippen LogP contribution in [0.25, 0.3) is 0 Å². The Morgan fingerprint density at radius 3 is 2.59 bits per heavy atom. The van der Waals surface area contributed by atoms with Crippen molar-refractivity contribution in [2.75, 3.05) is 5.75 Å². The van der Waals surface area contributed by atoms with Gasteiger partial charge in [0.2, 0.25) is 0 Å². The predicted molar refractivity (Wildman–Crippen MR) is 107 cm³/mol. The van der Waals surface area contributed by atoms with Crippen molar-refractivity contribution in [2.45, 2.75) is 18.3 Å². The van der Waals surface area contributed by atoms with E-state index in [2.05, 4.69) is 16.8 Å². The predicted octanol–water partition coefficient (Wildman–Crippen LogP) is 4.67. The summed E-state index contributed by atoms with van der Waals surface area (Å²) >= 11 is 7.20. The van der Waals surface area contributed by atoms with E-state index in [0.29, 0.717) is 28.1 Å². The molecule has 0 spiro atoms. The highest BCUT2D eigenvalue weighted by Crippen LogP contribution is 2.20. The molecular formula is C20H18ClN3O2S. The minimum absolute atomic E-state index is 0.00639. The molecule has 1 aromatic heterocycles. The Kier molecular flexibility index (Phi) is 6.68. The zero-order valence-corrected chi connectivity index (χ0v) is 16.1. The van der Waals surface area contributed by atoms with Gasteiger partial charge in [-0.3, -0.25) is 9.36 Å². The summed E-state index contributed by atoms with van der Waals surface area (Å²) in [6.45, 7) is 4.61. The molecule has 0 fully saturated rings. The minimum Gasteiger partial charge on any atom is -0.486 e. The van der Waals surface area contributed by atoms with E-state index < -0.39 is 0 Å². The maximum atomic E-state index is 12.3. The number of ether oxygens (including phenoxy) is 1. The lowest BCUT2D eigenvalue weighted by atomic mass is 10.1. The van der Waals surface area contributed by atoms with E-state index in [1.54, 1.807) is 30.3 Å². The molecule has 0 amide bonds. The summed E-state index contributed by atoms with van der Waals surface area (Å²) in [4.78, 5) is 12.3. The van der Waals surface area contributed by atoms with E-state index in [4.69, 9.17) is 16.3 Å². The van der Waals surface area contributed by atoms with Crippen LogP contribution in [0.15, 0.2) is 72.4 Å². The summed E-state index contributed by atoms with van der Waals surface area (Å²) in [7, 11) is 0. The molecule has 2 aromatic carbocycles. The molecule has 1 heterocycles. The summed E-state index contributed by atoms with van der Waals surface area (Å²) in [5, 5.41) is 9.67. The number of Topliss-reactive ketones (excluding diaryl/α,β-unsaturated/α-hetero) is 1. The minimum atomic E-state index is 0.00639. The van der Waals surface area contributed by atoms with Crippen LogP contribution in [0.2, 0.25) is 5.02 Å². The molecule has 7 heteroatoms. The van der Waals surface area contributed by atoms with Gasteiger partial charge in [0.1, 0.15) is 12.4 Å². The number of hydrogen-bond acceptors (Lipinski definition) is 5. The molecule has 0 N–H and O–H groups in total. The number of halogens is 1. The van der Waals surface area contributed by atoms with E-state index in [1.165, 1.54) is 11.8 Å². The second kappa shape index (κ2) is 9.39. The average molecular weight is 400 g/mol.